The molecule has 1 aliphatic heterocycles. The van der Waals surface area contributed by atoms with Crippen molar-refractivity contribution in [3.63, 3.8) is 0 Å². The molecule has 0 aliphatic carbocycles. The van der Waals surface area contributed by atoms with Gasteiger partial charge in [0.1, 0.15) is 17.9 Å². The van der Waals surface area contributed by atoms with E-state index in [0.29, 0.717) is 11.3 Å². The van der Waals surface area contributed by atoms with Gasteiger partial charge in [0.25, 0.3) is 11.8 Å². The maximum atomic E-state index is 12.8. The molecule has 4 amide bonds. The topological polar surface area (TPSA) is 75.7 Å². The van der Waals surface area contributed by atoms with Crippen LogP contribution in [0.3, 0.4) is 0 Å². The van der Waals surface area contributed by atoms with Gasteiger partial charge in [-0.2, -0.15) is 0 Å². The van der Waals surface area contributed by atoms with Crippen LogP contribution in [0.1, 0.15) is 5.56 Å². The molecule has 2 aromatic rings. The number of urea groups is 1. The molecule has 2 aromatic carbocycles. The number of terminal acetylenes is 1. The number of halogens is 2. The van der Waals surface area contributed by atoms with Crippen molar-refractivity contribution in [2.45, 2.75) is 0 Å². The first-order valence-electron chi connectivity index (χ1n) is 7.93. The highest BCUT2D eigenvalue weighted by atomic mass is 35.5. The second kappa shape index (κ2) is 8.17. The van der Waals surface area contributed by atoms with E-state index in [4.69, 9.17) is 34.4 Å². The number of hydrogen-bond acceptors (Lipinski definition) is 4. The molecule has 0 unspecified atom stereocenters. The Morgan fingerprint density at radius 2 is 1.89 bits per heavy atom. The highest BCUT2D eigenvalue weighted by Crippen LogP contribution is 2.29. The van der Waals surface area contributed by atoms with E-state index in [2.05, 4.69) is 11.2 Å². The Morgan fingerprint density at radius 3 is 2.61 bits per heavy atom. The smallest absolute Gasteiger partial charge is 0.335 e. The number of carbonyl (C=O) groups is 3. The number of hydrogen-bond donors (Lipinski definition) is 1. The number of anilines is 1. The Morgan fingerprint density at radius 1 is 1.11 bits per heavy atom. The van der Waals surface area contributed by atoms with Crippen molar-refractivity contribution in [1.82, 2.24) is 5.32 Å². The fourth-order valence-corrected chi connectivity index (χ4v) is 2.79. The van der Waals surface area contributed by atoms with E-state index in [1.165, 1.54) is 24.3 Å². The van der Waals surface area contributed by atoms with Crippen LogP contribution in [0, 0.1) is 12.3 Å². The Hall–Kier alpha value is -3.27. The lowest BCUT2D eigenvalue weighted by molar-refractivity contribution is -0.122. The summed E-state index contributed by atoms with van der Waals surface area (Å²) in [7, 11) is 0. The Balaban J connectivity index is 1.97. The molecule has 1 saturated heterocycles. The summed E-state index contributed by atoms with van der Waals surface area (Å²) in [6.07, 6.45) is 6.52. The first-order valence-corrected chi connectivity index (χ1v) is 8.69. The predicted octanol–water partition coefficient (Wildman–Crippen LogP) is 3.67. The molecule has 1 aliphatic rings. The van der Waals surface area contributed by atoms with Crippen LogP contribution in [0.25, 0.3) is 6.08 Å². The summed E-state index contributed by atoms with van der Waals surface area (Å²) in [6.45, 7) is 0.0824. The number of benzene rings is 2. The number of ether oxygens (including phenoxy) is 1. The molecule has 0 spiro atoms. The first-order chi connectivity index (χ1) is 13.4. The normalized spacial score (nSPS) is 15.4. The summed E-state index contributed by atoms with van der Waals surface area (Å²) in [6, 6.07) is 10.1. The first kappa shape index (κ1) is 19.5. The van der Waals surface area contributed by atoms with E-state index >= 15 is 0 Å². The zero-order valence-electron chi connectivity index (χ0n) is 14.2. The minimum atomic E-state index is -0.878. The van der Waals surface area contributed by atoms with Gasteiger partial charge in [-0.25, -0.2) is 9.69 Å². The lowest BCUT2D eigenvalue weighted by Crippen LogP contribution is -2.54. The summed E-state index contributed by atoms with van der Waals surface area (Å²) in [4.78, 5) is 38.1. The summed E-state index contributed by atoms with van der Waals surface area (Å²) < 4.78 is 5.33. The number of barbiturate groups is 1. The Labute approximate surface area is 170 Å². The summed E-state index contributed by atoms with van der Waals surface area (Å²) >= 11 is 11.8. The fourth-order valence-electron chi connectivity index (χ4n) is 2.50. The van der Waals surface area contributed by atoms with Gasteiger partial charge in [-0.3, -0.25) is 14.9 Å². The van der Waals surface area contributed by atoms with E-state index in [1.807, 2.05) is 0 Å². The van der Waals surface area contributed by atoms with Gasteiger partial charge in [0.05, 0.1) is 15.7 Å². The van der Waals surface area contributed by atoms with E-state index in [1.54, 1.807) is 24.3 Å². The lowest BCUT2D eigenvalue weighted by atomic mass is 10.1. The molecule has 1 fully saturated rings. The minimum absolute atomic E-state index is 0.0824. The number of amides is 4. The van der Waals surface area contributed by atoms with Crippen molar-refractivity contribution >= 4 is 52.8 Å². The van der Waals surface area contributed by atoms with Gasteiger partial charge in [-0.1, -0.05) is 41.3 Å². The SMILES string of the molecule is C#CCOc1cccc(/C=C2\C(=O)NC(=O)N(c3ccc(Cl)c(Cl)c3)C2=O)c1. The van der Waals surface area contributed by atoms with E-state index < -0.39 is 17.8 Å². The van der Waals surface area contributed by atoms with Crippen LogP contribution in [-0.2, 0) is 9.59 Å². The van der Waals surface area contributed by atoms with Gasteiger partial charge in [0.15, 0.2) is 0 Å². The maximum Gasteiger partial charge on any atom is 0.335 e. The zero-order valence-corrected chi connectivity index (χ0v) is 15.8. The standard InChI is InChI=1S/C20H12Cl2N2O4/c1-2-8-28-14-5-3-4-12(9-14)10-15-18(25)23-20(27)24(19(15)26)13-6-7-16(21)17(22)11-13/h1,3-7,9-11H,8H2,(H,23,25,27)/b15-10+. The molecule has 0 bridgehead atoms. The summed E-state index contributed by atoms with van der Waals surface area (Å²) in [5.41, 5.74) is 0.484. The highest BCUT2D eigenvalue weighted by Gasteiger charge is 2.37. The fraction of sp³-hybridized carbons (Fsp3) is 0.0500. The van der Waals surface area contributed by atoms with Gasteiger partial charge < -0.3 is 4.74 Å². The van der Waals surface area contributed by atoms with Crippen molar-refractivity contribution < 1.29 is 19.1 Å². The van der Waals surface area contributed by atoms with Gasteiger partial charge >= 0.3 is 6.03 Å². The quantitative estimate of drug-likeness (QED) is 0.470. The number of imide groups is 2. The van der Waals surface area contributed by atoms with Crippen molar-refractivity contribution in [2.75, 3.05) is 11.5 Å². The molecule has 28 heavy (non-hydrogen) atoms. The maximum absolute atomic E-state index is 12.8. The minimum Gasteiger partial charge on any atom is -0.481 e. The molecular formula is C20H12Cl2N2O4. The zero-order chi connectivity index (χ0) is 20.3. The Kier molecular flexibility index (Phi) is 5.69. The summed E-state index contributed by atoms with van der Waals surface area (Å²) in [5, 5.41) is 2.57. The second-order valence-corrected chi connectivity index (χ2v) is 6.44. The van der Waals surface area contributed by atoms with E-state index in [0.717, 1.165) is 4.90 Å². The van der Waals surface area contributed by atoms with Crippen LogP contribution in [0.4, 0.5) is 10.5 Å². The molecule has 3 rings (SSSR count). The third-order valence-electron chi connectivity index (χ3n) is 3.75. The van der Waals surface area contributed by atoms with Crippen molar-refractivity contribution in [2.24, 2.45) is 0 Å². The van der Waals surface area contributed by atoms with Crippen molar-refractivity contribution in [1.29, 1.82) is 0 Å². The predicted molar refractivity (Wildman–Crippen MR) is 106 cm³/mol. The number of carbonyl (C=O) groups excluding carboxylic acids is 3. The van der Waals surface area contributed by atoms with Crippen molar-refractivity contribution in [3.05, 3.63) is 63.6 Å². The van der Waals surface area contributed by atoms with Crippen LogP contribution < -0.4 is 15.0 Å². The van der Waals surface area contributed by atoms with E-state index in [-0.39, 0.29) is 27.9 Å². The van der Waals surface area contributed by atoms with Gasteiger partial charge in [-0.15, -0.1) is 6.42 Å². The average Bonchev–Trinajstić information content (AvgIpc) is 2.66. The van der Waals surface area contributed by atoms with Gasteiger partial charge in [0.2, 0.25) is 0 Å². The average molecular weight is 415 g/mol. The third-order valence-corrected chi connectivity index (χ3v) is 4.49. The highest BCUT2D eigenvalue weighted by molar-refractivity contribution is 6.43. The monoisotopic (exact) mass is 414 g/mol. The molecule has 0 radical (unpaired) electrons. The summed E-state index contributed by atoms with van der Waals surface area (Å²) in [5.74, 6) is 1.23. The number of rotatable bonds is 4. The van der Waals surface area contributed by atoms with Crippen LogP contribution >= 0.6 is 23.2 Å². The Bertz CT molecular complexity index is 1060. The van der Waals surface area contributed by atoms with Crippen LogP contribution in [-0.4, -0.2) is 24.5 Å². The molecule has 6 nitrogen and oxygen atoms in total. The van der Waals surface area contributed by atoms with Gasteiger partial charge in [-0.05, 0) is 42.0 Å². The molecule has 1 N–H and O–H groups in total. The molecule has 8 heteroatoms. The number of nitrogens with zero attached hydrogens (tertiary/aromatic N) is 1. The van der Waals surface area contributed by atoms with E-state index in [9.17, 15) is 14.4 Å². The number of nitrogens with one attached hydrogen (secondary N) is 1. The van der Waals surface area contributed by atoms with Crippen LogP contribution in [0.15, 0.2) is 48.0 Å². The third kappa shape index (κ3) is 4.01. The van der Waals surface area contributed by atoms with Crippen LogP contribution in [0.2, 0.25) is 10.0 Å². The molecular weight excluding hydrogens is 403 g/mol. The molecule has 0 aromatic heterocycles. The van der Waals surface area contributed by atoms with Gasteiger partial charge in [0, 0.05) is 0 Å². The molecule has 0 saturated carbocycles. The second-order valence-electron chi connectivity index (χ2n) is 5.62. The van der Waals surface area contributed by atoms with Crippen LogP contribution in [0.5, 0.6) is 5.75 Å². The van der Waals surface area contributed by atoms with Crippen molar-refractivity contribution in [3.8, 4) is 18.1 Å². The molecule has 1 heterocycles. The largest absolute Gasteiger partial charge is 0.481 e. The lowest BCUT2D eigenvalue weighted by Gasteiger charge is -2.26. The molecule has 140 valence electrons. The molecule has 0 atom stereocenters.